The molecule has 86 valence electrons. The van der Waals surface area contributed by atoms with Crippen molar-refractivity contribution in [1.29, 1.82) is 0 Å². The summed E-state index contributed by atoms with van der Waals surface area (Å²) in [4.78, 5) is 3.85. The fourth-order valence-corrected chi connectivity index (χ4v) is 3.00. The molecule has 0 aromatic carbocycles. The van der Waals surface area contributed by atoms with Crippen LogP contribution in [0, 0.1) is 0 Å². The molecule has 2 aliphatic rings. The highest BCUT2D eigenvalue weighted by Crippen LogP contribution is 2.31. The molecule has 2 fully saturated rings. The Bertz CT molecular complexity index is 254. The fraction of sp³-hybridized carbons (Fsp3) is 0.889. The van der Waals surface area contributed by atoms with Gasteiger partial charge in [-0.25, -0.2) is 8.78 Å². The van der Waals surface area contributed by atoms with Gasteiger partial charge in [-0.15, -0.1) is 0 Å². The van der Waals surface area contributed by atoms with Crippen LogP contribution in [0.25, 0.3) is 0 Å². The molecule has 0 saturated carbocycles. The largest absolute Gasteiger partial charge is 0.381 e. The molecule has 3 nitrogen and oxygen atoms in total. The topological polar surface area (TPSA) is 33.6 Å². The summed E-state index contributed by atoms with van der Waals surface area (Å²) in [5.74, 6) is 0.915. The number of nitrogens with one attached hydrogen (secondary N) is 1. The summed E-state index contributed by atoms with van der Waals surface area (Å²) >= 11 is 1.54. The summed E-state index contributed by atoms with van der Waals surface area (Å²) in [5.41, 5.74) is 0.0455. The fourth-order valence-electron chi connectivity index (χ4n) is 1.77. The van der Waals surface area contributed by atoms with Gasteiger partial charge in [0.1, 0.15) is 6.54 Å². The van der Waals surface area contributed by atoms with E-state index in [1.165, 1.54) is 11.8 Å². The van der Waals surface area contributed by atoms with Crippen LogP contribution >= 0.6 is 11.8 Å². The number of aliphatic imine (C=N–C) groups is 1. The molecule has 0 bridgehead atoms. The minimum absolute atomic E-state index is 0.0455. The lowest BCUT2D eigenvalue weighted by Crippen LogP contribution is -2.48. The number of ether oxygens (including phenoxy) is 1. The van der Waals surface area contributed by atoms with Gasteiger partial charge in [-0.05, 0) is 12.8 Å². The van der Waals surface area contributed by atoms with Crippen LogP contribution in [-0.4, -0.2) is 42.6 Å². The number of hydrogen-bond donors (Lipinski definition) is 1. The molecule has 1 spiro atoms. The van der Waals surface area contributed by atoms with Crippen molar-refractivity contribution < 1.29 is 13.5 Å². The smallest absolute Gasteiger partial charge is 0.257 e. The Balaban J connectivity index is 1.90. The Morgan fingerprint density at radius 1 is 1.47 bits per heavy atom. The van der Waals surface area contributed by atoms with E-state index < -0.39 is 13.0 Å². The molecule has 2 heterocycles. The van der Waals surface area contributed by atoms with Gasteiger partial charge in [0.15, 0.2) is 5.17 Å². The molecule has 0 aromatic rings. The third kappa shape index (κ3) is 2.81. The maximum atomic E-state index is 12.0. The molecule has 0 radical (unpaired) electrons. The summed E-state index contributed by atoms with van der Waals surface area (Å²) in [6.07, 6.45) is -0.479. The van der Waals surface area contributed by atoms with E-state index in [9.17, 15) is 8.78 Å². The van der Waals surface area contributed by atoms with Gasteiger partial charge in [-0.2, -0.15) is 0 Å². The van der Waals surface area contributed by atoms with Crippen molar-refractivity contribution in [1.82, 2.24) is 5.32 Å². The molecule has 0 unspecified atom stereocenters. The van der Waals surface area contributed by atoms with E-state index in [1.807, 2.05) is 0 Å². The van der Waals surface area contributed by atoms with E-state index in [2.05, 4.69) is 10.3 Å². The molecule has 0 aromatic heterocycles. The van der Waals surface area contributed by atoms with Crippen LogP contribution in [0.15, 0.2) is 4.99 Å². The summed E-state index contributed by atoms with van der Waals surface area (Å²) in [7, 11) is 0. The molecule has 6 heteroatoms. The summed E-state index contributed by atoms with van der Waals surface area (Å²) in [6, 6.07) is 0. The number of hydrogen-bond acceptors (Lipinski definition) is 3. The second-order valence-corrected chi connectivity index (χ2v) is 4.81. The van der Waals surface area contributed by atoms with Crippen molar-refractivity contribution >= 4 is 16.9 Å². The maximum absolute atomic E-state index is 12.0. The van der Waals surface area contributed by atoms with Gasteiger partial charge in [0.2, 0.25) is 0 Å². The zero-order chi connectivity index (χ0) is 10.7. The molecular formula is C9H14F2N2OS. The average Bonchev–Trinajstić information content (AvgIpc) is 2.60. The third-order valence-corrected chi connectivity index (χ3v) is 3.88. The summed E-state index contributed by atoms with van der Waals surface area (Å²) < 4.78 is 29.2. The first kappa shape index (κ1) is 11.1. The molecule has 0 atom stereocenters. The van der Waals surface area contributed by atoms with E-state index in [0.29, 0.717) is 5.17 Å². The Morgan fingerprint density at radius 2 is 2.20 bits per heavy atom. The van der Waals surface area contributed by atoms with Gasteiger partial charge in [0, 0.05) is 19.0 Å². The molecule has 0 aliphatic carbocycles. The van der Waals surface area contributed by atoms with Gasteiger partial charge in [0.25, 0.3) is 6.43 Å². The van der Waals surface area contributed by atoms with Crippen LogP contribution in [0.4, 0.5) is 8.78 Å². The molecule has 2 rings (SSSR count). The predicted molar refractivity (Wildman–Crippen MR) is 56.7 cm³/mol. The predicted octanol–water partition coefficient (Wildman–Crippen LogP) is 1.49. The van der Waals surface area contributed by atoms with Crippen molar-refractivity contribution in [2.45, 2.75) is 24.8 Å². The maximum Gasteiger partial charge on any atom is 0.257 e. The first-order valence-corrected chi connectivity index (χ1v) is 6.00. The Hall–Kier alpha value is -0.360. The molecule has 2 saturated heterocycles. The molecule has 1 N–H and O–H groups in total. The van der Waals surface area contributed by atoms with Crippen LogP contribution in [0.1, 0.15) is 12.8 Å². The minimum atomic E-state index is -2.36. The normalized spacial score (nSPS) is 27.5. The van der Waals surface area contributed by atoms with Gasteiger partial charge < -0.3 is 10.1 Å². The van der Waals surface area contributed by atoms with Crippen LogP contribution in [-0.2, 0) is 4.74 Å². The minimum Gasteiger partial charge on any atom is -0.381 e. The van der Waals surface area contributed by atoms with Crippen LogP contribution in [0.2, 0.25) is 0 Å². The number of thioether (sulfide) groups is 1. The number of rotatable bonds is 2. The van der Waals surface area contributed by atoms with E-state index in [1.54, 1.807) is 0 Å². The average molecular weight is 236 g/mol. The number of alkyl halides is 2. The first-order chi connectivity index (χ1) is 7.20. The molecule has 0 amide bonds. The number of amidine groups is 1. The summed E-state index contributed by atoms with van der Waals surface area (Å²) in [5, 5.41) is 3.93. The summed E-state index contributed by atoms with van der Waals surface area (Å²) in [6.45, 7) is 1.09. The van der Waals surface area contributed by atoms with Gasteiger partial charge >= 0.3 is 0 Å². The van der Waals surface area contributed by atoms with Crippen molar-refractivity contribution in [3.63, 3.8) is 0 Å². The van der Waals surface area contributed by atoms with Crippen LogP contribution in [0.3, 0.4) is 0 Å². The monoisotopic (exact) mass is 236 g/mol. The molecular weight excluding hydrogens is 222 g/mol. The second-order valence-electron chi connectivity index (χ2n) is 3.84. The second kappa shape index (κ2) is 4.65. The number of halogens is 2. The quantitative estimate of drug-likeness (QED) is 0.788. The first-order valence-electron chi connectivity index (χ1n) is 5.02. The van der Waals surface area contributed by atoms with E-state index in [4.69, 9.17) is 4.74 Å². The highest BCUT2D eigenvalue weighted by molar-refractivity contribution is 8.14. The number of nitrogens with zero attached hydrogens (tertiary/aromatic N) is 1. The molecule has 2 aliphatic heterocycles. The standard InChI is InChI=1S/C9H14F2N2OS/c10-7(11)5-12-8-13-9(6-15-8)1-3-14-4-2-9/h7H,1-6H2,(H,12,13). The van der Waals surface area contributed by atoms with Gasteiger partial charge in [-0.3, -0.25) is 4.99 Å². The van der Waals surface area contributed by atoms with Gasteiger partial charge in [0.05, 0.1) is 5.54 Å². The van der Waals surface area contributed by atoms with E-state index >= 15 is 0 Å². The lowest BCUT2D eigenvalue weighted by atomic mass is 9.93. The van der Waals surface area contributed by atoms with Crippen molar-refractivity contribution in [3.8, 4) is 0 Å². The lowest BCUT2D eigenvalue weighted by molar-refractivity contribution is 0.0555. The molecule has 15 heavy (non-hydrogen) atoms. The van der Waals surface area contributed by atoms with Crippen molar-refractivity contribution in [2.75, 3.05) is 25.5 Å². The zero-order valence-electron chi connectivity index (χ0n) is 8.34. The Kier molecular flexibility index (Phi) is 3.45. The van der Waals surface area contributed by atoms with Gasteiger partial charge in [-0.1, -0.05) is 11.8 Å². The van der Waals surface area contributed by atoms with E-state index in [0.717, 1.165) is 31.8 Å². The van der Waals surface area contributed by atoms with Crippen molar-refractivity contribution in [2.24, 2.45) is 4.99 Å². The zero-order valence-corrected chi connectivity index (χ0v) is 9.16. The highest BCUT2D eigenvalue weighted by Gasteiger charge is 2.38. The van der Waals surface area contributed by atoms with Crippen LogP contribution in [0.5, 0.6) is 0 Å². The van der Waals surface area contributed by atoms with Crippen molar-refractivity contribution in [3.05, 3.63) is 0 Å². The van der Waals surface area contributed by atoms with Crippen LogP contribution < -0.4 is 5.32 Å². The highest BCUT2D eigenvalue weighted by atomic mass is 32.2. The lowest BCUT2D eigenvalue weighted by Gasteiger charge is -2.32. The third-order valence-electron chi connectivity index (χ3n) is 2.68. The van der Waals surface area contributed by atoms with E-state index in [-0.39, 0.29) is 5.54 Å². The SMILES string of the molecule is FC(F)CN=C1NC2(CCOCC2)CS1. The Morgan fingerprint density at radius 3 is 2.87 bits per heavy atom. The Labute approximate surface area is 91.7 Å².